The van der Waals surface area contributed by atoms with Crippen LogP contribution in [0.4, 0.5) is 0 Å². The Kier molecular flexibility index (Phi) is 6.05. The Bertz CT molecular complexity index is 905. The van der Waals surface area contributed by atoms with Crippen molar-refractivity contribution in [1.82, 2.24) is 29.4 Å². The second kappa shape index (κ2) is 8.32. The fraction of sp³-hybridized carbons (Fsp3) is 0.700. The maximum atomic E-state index is 12.9. The Morgan fingerprint density at radius 2 is 2.00 bits per heavy atom. The number of aryl methyl sites for hydroxylation is 3. The summed E-state index contributed by atoms with van der Waals surface area (Å²) in [5, 5.41) is 12.0. The zero-order valence-electron chi connectivity index (χ0n) is 17.7. The van der Waals surface area contributed by atoms with E-state index in [4.69, 9.17) is 0 Å². The number of nitrogens with zero attached hydrogens (tertiary/aromatic N) is 5. The zero-order valence-corrected chi connectivity index (χ0v) is 17.7. The third-order valence-electron chi connectivity index (χ3n) is 5.55. The molecule has 154 valence electrons. The van der Waals surface area contributed by atoms with Crippen LogP contribution in [0.5, 0.6) is 0 Å². The molecule has 0 saturated heterocycles. The van der Waals surface area contributed by atoms with E-state index in [0.29, 0.717) is 25.4 Å². The minimum atomic E-state index is -0.470. The highest BCUT2D eigenvalue weighted by Gasteiger charge is 2.29. The average Bonchev–Trinajstić information content (AvgIpc) is 2.95. The van der Waals surface area contributed by atoms with E-state index in [1.807, 2.05) is 25.6 Å². The summed E-state index contributed by atoms with van der Waals surface area (Å²) in [5.41, 5.74) is 3.13. The lowest BCUT2D eigenvalue weighted by Gasteiger charge is -2.16. The van der Waals surface area contributed by atoms with Gasteiger partial charge in [-0.05, 0) is 44.6 Å². The topological polar surface area (TPSA) is 86.7 Å². The first-order chi connectivity index (χ1) is 13.3. The maximum Gasteiger partial charge on any atom is 0.346 e. The Morgan fingerprint density at radius 3 is 2.64 bits per heavy atom. The van der Waals surface area contributed by atoms with E-state index in [1.165, 1.54) is 10.2 Å². The Morgan fingerprint density at radius 1 is 1.25 bits per heavy atom. The lowest BCUT2D eigenvalue weighted by molar-refractivity contribution is -0.124. The number of aromatic nitrogens is 5. The van der Waals surface area contributed by atoms with Crippen LogP contribution in [0.2, 0.25) is 0 Å². The van der Waals surface area contributed by atoms with Crippen molar-refractivity contribution in [2.45, 2.75) is 72.4 Å². The number of rotatable bonds is 6. The molecule has 0 aromatic carbocycles. The van der Waals surface area contributed by atoms with E-state index in [2.05, 4.69) is 29.4 Å². The Hall–Kier alpha value is -2.38. The van der Waals surface area contributed by atoms with Crippen LogP contribution in [-0.2, 0) is 31.2 Å². The molecule has 1 unspecified atom stereocenters. The first kappa shape index (κ1) is 20.4. The lowest BCUT2D eigenvalue weighted by atomic mass is 10.1. The van der Waals surface area contributed by atoms with Gasteiger partial charge in [0.15, 0.2) is 0 Å². The van der Waals surface area contributed by atoms with Crippen LogP contribution in [0, 0.1) is 19.8 Å². The second-order valence-corrected chi connectivity index (χ2v) is 8.22. The summed E-state index contributed by atoms with van der Waals surface area (Å²) in [5.74, 6) is 0.978. The van der Waals surface area contributed by atoms with Gasteiger partial charge in [-0.2, -0.15) is 10.2 Å². The van der Waals surface area contributed by atoms with Gasteiger partial charge in [0, 0.05) is 32.3 Å². The summed E-state index contributed by atoms with van der Waals surface area (Å²) >= 11 is 0. The number of hydrogen-bond donors (Lipinski definition) is 1. The van der Waals surface area contributed by atoms with Crippen molar-refractivity contribution in [3.63, 3.8) is 0 Å². The fourth-order valence-electron chi connectivity index (χ4n) is 4.02. The van der Waals surface area contributed by atoms with Crippen molar-refractivity contribution in [2.24, 2.45) is 13.0 Å². The highest BCUT2D eigenvalue weighted by molar-refractivity contribution is 5.80. The molecule has 2 aromatic rings. The normalized spacial score (nSPS) is 16.9. The summed E-state index contributed by atoms with van der Waals surface area (Å²) in [6.07, 6.45) is 4.04. The molecular formula is C20H32N6O2. The molecule has 1 amide bonds. The monoisotopic (exact) mass is 388 g/mol. The Balaban J connectivity index is 1.73. The maximum absolute atomic E-state index is 12.9. The minimum absolute atomic E-state index is 0.0893. The van der Waals surface area contributed by atoms with Crippen molar-refractivity contribution in [3.05, 3.63) is 33.3 Å². The average molecular weight is 389 g/mol. The van der Waals surface area contributed by atoms with E-state index >= 15 is 0 Å². The van der Waals surface area contributed by atoms with Crippen molar-refractivity contribution >= 4 is 5.91 Å². The van der Waals surface area contributed by atoms with Crippen molar-refractivity contribution in [3.8, 4) is 0 Å². The predicted molar refractivity (Wildman–Crippen MR) is 107 cm³/mol. The fourth-order valence-corrected chi connectivity index (χ4v) is 4.02. The van der Waals surface area contributed by atoms with Crippen LogP contribution in [0.25, 0.3) is 0 Å². The third kappa shape index (κ3) is 4.05. The molecule has 0 aliphatic carbocycles. The van der Waals surface area contributed by atoms with Crippen LogP contribution in [0.1, 0.15) is 61.9 Å². The standard InChI is InChI=1S/C20H32N6O2/c1-13(2)12-25-20(28)26-17(8-6-7-9-18(26)23-25)19(27)21-11-10-16-14(3)22-24(5)15(16)4/h13,17H,6-12H2,1-5H3,(H,21,27). The van der Waals surface area contributed by atoms with Gasteiger partial charge in [-0.25, -0.2) is 9.48 Å². The molecule has 3 heterocycles. The molecule has 0 radical (unpaired) electrons. The number of carbonyl (C=O) groups excluding carboxylic acids is 1. The molecule has 1 atom stereocenters. The van der Waals surface area contributed by atoms with Gasteiger partial charge in [0.25, 0.3) is 0 Å². The molecule has 2 aromatic heterocycles. The minimum Gasteiger partial charge on any atom is -0.354 e. The van der Waals surface area contributed by atoms with E-state index in [1.54, 1.807) is 4.57 Å². The lowest BCUT2D eigenvalue weighted by Crippen LogP contribution is -2.39. The Labute approximate surface area is 165 Å². The van der Waals surface area contributed by atoms with Gasteiger partial charge >= 0.3 is 5.69 Å². The molecule has 0 spiro atoms. The number of carbonyl (C=O) groups is 1. The molecule has 1 aliphatic heterocycles. The van der Waals surface area contributed by atoms with E-state index in [0.717, 1.165) is 42.9 Å². The molecular weight excluding hydrogens is 356 g/mol. The van der Waals surface area contributed by atoms with Gasteiger partial charge in [-0.1, -0.05) is 20.3 Å². The molecule has 1 aliphatic rings. The summed E-state index contributed by atoms with van der Waals surface area (Å²) in [4.78, 5) is 25.8. The molecule has 8 heteroatoms. The molecule has 1 N–H and O–H groups in total. The molecule has 8 nitrogen and oxygen atoms in total. The van der Waals surface area contributed by atoms with Crippen LogP contribution in [0.15, 0.2) is 4.79 Å². The van der Waals surface area contributed by atoms with E-state index in [9.17, 15) is 9.59 Å². The molecule has 0 fully saturated rings. The third-order valence-corrected chi connectivity index (χ3v) is 5.55. The smallest absolute Gasteiger partial charge is 0.346 e. The SMILES string of the molecule is Cc1nn(C)c(C)c1CCNC(=O)C1CCCCc2nn(CC(C)C)c(=O)n21. The van der Waals surface area contributed by atoms with Crippen LogP contribution in [0.3, 0.4) is 0 Å². The van der Waals surface area contributed by atoms with Crippen molar-refractivity contribution in [1.29, 1.82) is 0 Å². The van der Waals surface area contributed by atoms with E-state index in [-0.39, 0.29) is 11.6 Å². The number of fused-ring (bicyclic) bond motifs is 1. The van der Waals surface area contributed by atoms with Crippen LogP contribution < -0.4 is 11.0 Å². The number of amides is 1. The largest absolute Gasteiger partial charge is 0.354 e. The van der Waals surface area contributed by atoms with Gasteiger partial charge in [0.1, 0.15) is 11.9 Å². The van der Waals surface area contributed by atoms with Crippen LogP contribution >= 0.6 is 0 Å². The first-order valence-electron chi connectivity index (χ1n) is 10.2. The first-order valence-corrected chi connectivity index (χ1v) is 10.2. The van der Waals surface area contributed by atoms with Crippen molar-refractivity contribution in [2.75, 3.05) is 6.54 Å². The molecule has 3 rings (SSSR count). The van der Waals surface area contributed by atoms with Crippen LogP contribution in [-0.4, -0.2) is 36.6 Å². The summed E-state index contributed by atoms with van der Waals surface area (Å²) < 4.78 is 5.02. The van der Waals surface area contributed by atoms with Gasteiger partial charge in [0.05, 0.1) is 5.69 Å². The number of hydrogen-bond acceptors (Lipinski definition) is 4. The van der Waals surface area contributed by atoms with Gasteiger partial charge in [-0.15, -0.1) is 0 Å². The number of nitrogens with one attached hydrogen (secondary N) is 1. The van der Waals surface area contributed by atoms with Gasteiger partial charge in [0.2, 0.25) is 5.91 Å². The zero-order chi connectivity index (χ0) is 20.4. The predicted octanol–water partition coefficient (Wildman–Crippen LogP) is 1.68. The summed E-state index contributed by atoms with van der Waals surface area (Å²) in [6, 6.07) is -0.470. The quantitative estimate of drug-likeness (QED) is 0.816. The molecule has 0 bridgehead atoms. The van der Waals surface area contributed by atoms with Gasteiger partial charge < -0.3 is 5.32 Å². The summed E-state index contributed by atoms with van der Waals surface area (Å²) in [6.45, 7) is 9.26. The molecule has 28 heavy (non-hydrogen) atoms. The second-order valence-electron chi connectivity index (χ2n) is 8.22. The van der Waals surface area contributed by atoms with E-state index < -0.39 is 6.04 Å². The molecule has 0 saturated carbocycles. The summed E-state index contributed by atoms with van der Waals surface area (Å²) in [7, 11) is 1.93. The highest BCUT2D eigenvalue weighted by atomic mass is 16.2. The highest BCUT2D eigenvalue weighted by Crippen LogP contribution is 2.22. The van der Waals surface area contributed by atoms with Crippen molar-refractivity contribution < 1.29 is 4.79 Å². The van der Waals surface area contributed by atoms with Gasteiger partial charge in [-0.3, -0.25) is 14.0 Å².